The molecule has 5 nitrogen and oxygen atoms in total. The SMILES string of the molecule is Cc1oncc1C(=O)N(C)CC1Cc2ccccc2CO1. The molecule has 3 rings (SSSR count). The average molecular weight is 286 g/mol. The topological polar surface area (TPSA) is 55.6 Å². The molecule has 1 amide bonds. The molecule has 1 atom stereocenters. The predicted octanol–water partition coefficient (Wildman–Crippen LogP) is 2.20. The van der Waals surface area contributed by atoms with E-state index in [4.69, 9.17) is 9.26 Å². The highest BCUT2D eigenvalue weighted by atomic mass is 16.5. The van der Waals surface area contributed by atoms with Gasteiger partial charge in [0.25, 0.3) is 5.91 Å². The molecular formula is C16H18N2O3. The Hall–Kier alpha value is -2.14. The van der Waals surface area contributed by atoms with Crippen molar-refractivity contribution < 1.29 is 14.1 Å². The molecule has 0 aliphatic carbocycles. The lowest BCUT2D eigenvalue weighted by Crippen LogP contribution is -2.38. The molecule has 1 aliphatic rings. The van der Waals surface area contributed by atoms with Gasteiger partial charge in [-0.2, -0.15) is 0 Å². The van der Waals surface area contributed by atoms with Gasteiger partial charge >= 0.3 is 0 Å². The van der Waals surface area contributed by atoms with Crippen molar-refractivity contribution >= 4 is 5.91 Å². The van der Waals surface area contributed by atoms with Crippen LogP contribution in [-0.2, 0) is 17.8 Å². The summed E-state index contributed by atoms with van der Waals surface area (Å²) >= 11 is 0. The molecule has 0 N–H and O–H groups in total. The van der Waals surface area contributed by atoms with Gasteiger partial charge in [-0.3, -0.25) is 4.79 Å². The summed E-state index contributed by atoms with van der Waals surface area (Å²) in [5.41, 5.74) is 3.04. The Kier molecular flexibility index (Phi) is 3.75. The number of rotatable bonds is 3. The van der Waals surface area contributed by atoms with Gasteiger partial charge in [0.15, 0.2) is 0 Å². The number of fused-ring (bicyclic) bond motifs is 1. The Morgan fingerprint density at radius 1 is 1.38 bits per heavy atom. The Bertz CT molecular complexity index is 650. The summed E-state index contributed by atoms with van der Waals surface area (Å²) in [5, 5.41) is 3.65. The minimum absolute atomic E-state index is 0.0222. The normalized spacial score (nSPS) is 17.3. The Labute approximate surface area is 123 Å². The molecule has 1 unspecified atom stereocenters. The largest absolute Gasteiger partial charge is 0.371 e. The summed E-state index contributed by atoms with van der Waals surface area (Å²) < 4.78 is 10.8. The minimum atomic E-state index is -0.0868. The number of likely N-dealkylation sites (N-methyl/N-ethyl adjacent to an activating group) is 1. The molecule has 5 heteroatoms. The van der Waals surface area contributed by atoms with Gasteiger partial charge in [0.1, 0.15) is 11.3 Å². The molecule has 1 aromatic heterocycles. The van der Waals surface area contributed by atoms with Crippen LogP contribution in [0.4, 0.5) is 0 Å². The van der Waals surface area contributed by atoms with Crippen LogP contribution in [0, 0.1) is 6.92 Å². The molecule has 0 radical (unpaired) electrons. The number of amides is 1. The van der Waals surface area contributed by atoms with Crippen molar-refractivity contribution in [2.75, 3.05) is 13.6 Å². The van der Waals surface area contributed by atoms with Crippen molar-refractivity contribution in [1.29, 1.82) is 0 Å². The van der Waals surface area contributed by atoms with Gasteiger partial charge in [0.05, 0.1) is 18.9 Å². The molecule has 2 heterocycles. The fourth-order valence-electron chi connectivity index (χ4n) is 2.62. The molecule has 0 saturated heterocycles. The highest BCUT2D eigenvalue weighted by molar-refractivity contribution is 5.94. The summed E-state index contributed by atoms with van der Waals surface area (Å²) in [6, 6.07) is 8.27. The van der Waals surface area contributed by atoms with E-state index < -0.39 is 0 Å². The molecule has 0 saturated carbocycles. The van der Waals surface area contributed by atoms with E-state index in [-0.39, 0.29) is 12.0 Å². The van der Waals surface area contributed by atoms with E-state index in [1.165, 1.54) is 17.3 Å². The lowest BCUT2D eigenvalue weighted by atomic mass is 9.99. The van der Waals surface area contributed by atoms with Gasteiger partial charge in [-0.1, -0.05) is 29.4 Å². The van der Waals surface area contributed by atoms with E-state index in [2.05, 4.69) is 17.3 Å². The van der Waals surface area contributed by atoms with Crippen LogP contribution in [0.15, 0.2) is 35.0 Å². The van der Waals surface area contributed by atoms with Crippen LogP contribution in [-0.4, -0.2) is 35.7 Å². The highest BCUT2D eigenvalue weighted by Crippen LogP contribution is 2.21. The Morgan fingerprint density at radius 3 is 2.86 bits per heavy atom. The van der Waals surface area contributed by atoms with Gasteiger partial charge in [-0.15, -0.1) is 0 Å². The number of carbonyl (C=O) groups is 1. The Morgan fingerprint density at radius 2 is 2.14 bits per heavy atom. The maximum atomic E-state index is 12.3. The fourth-order valence-corrected chi connectivity index (χ4v) is 2.62. The first-order chi connectivity index (χ1) is 10.1. The van der Waals surface area contributed by atoms with E-state index in [0.29, 0.717) is 24.5 Å². The summed E-state index contributed by atoms with van der Waals surface area (Å²) in [4.78, 5) is 14.0. The average Bonchev–Trinajstić information content (AvgIpc) is 2.92. The monoisotopic (exact) mass is 286 g/mol. The quantitative estimate of drug-likeness (QED) is 0.868. The first-order valence-electron chi connectivity index (χ1n) is 7.00. The van der Waals surface area contributed by atoms with Crippen molar-refractivity contribution in [2.24, 2.45) is 0 Å². The van der Waals surface area contributed by atoms with Crippen molar-refractivity contribution in [3.8, 4) is 0 Å². The number of benzene rings is 1. The molecule has 0 bridgehead atoms. The first kappa shape index (κ1) is 13.8. The summed E-state index contributed by atoms with van der Waals surface area (Å²) in [6.07, 6.45) is 2.32. The van der Waals surface area contributed by atoms with Crippen LogP contribution in [0.2, 0.25) is 0 Å². The lowest BCUT2D eigenvalue weighted by molar-refractivity contribution is 0.00981. The van der Waals surface area contributed by atoms with E-state index in [1.54, 1.807) is 18.9 Å². The van der Waals surface area contributed by atoms with Crippen molar-refractivity contribution in [1.82, 2.24) is 10.1 Å². The molecular weight excluding hydrogens is 268 g/mol. The number of ether oxygens (including phenoxy) is 1. The molecule has 21 heavy (non-hydrogen) atoms. The van der Waals surface area contributed by atoms with Crippen molar-refractivity contribution in [3.05, 3.63) is 52.9 Å². The second-order valence-electron chi connectivity index (χ2n) is 5.39. The van der Waals surface area contributed by atoms with Crippen LogP contribution in [0.25, 0.3) is 0 Å². The zero-order valence-electron chi connectivity index (χ0n) is 12.2. The van der Waals surface area contributed by atoms with Crippen molar-refractivity contribution in [3.63, 3.8) is 0 Å². The van der Waals surface area contributed by atoms with Gasteiger partial charge in [0.2, 0.25) is 0 Å². The van der Waals surface area contributed by atoms with Crippen LogP contribution in [0.1, 0.15) is 27.2 Å². The Balaban J connectivity index is 1.65. The number of hydrogen-bond acceptors (Lipinski definition) is 4. The number of aryl methyl sites for hydroxylation is 1. The zero-order chi connectivity index (χ0) is 14.8. The molecule has 0 fully saturated rings. The second kappa shape index (κ2) is 5.69. The minimum Gasteiger partial charge on any atom is -0.371 e. The summed E-state index contributed by atoms with van der Waals surface area (Å²) in [7, 11) is 1.78. The second-order valence-corrected chi connectivity index (χ2v) is 5.39. The van der Waals surface area contributed by atoms with E-state index in [1.807, 2.05) is 12.1 Å². The number of aromatic nitrogens is 1. The maximum Gasteiger partial charge on any atom is 0.258 e. The van der Waals surface area contributed by atoms with Crippen LogP contribution in [0.3, 0.4) is 0 Å². The van der Waals surface area contributed by atoms with Gasteiger partial charge in [-0.25, -0.2) is 0 Å². The predicted molar refractivity (Wildman–Crippen MR) is 76.9 cm³/mol. The van der Waals surface area contributed by atoms with E-state index in [0.717, 1.165) is 6.42 Å². The van der Waals surface area contributed by atoms with E-state index >= 15 is 0 Å². The van der Waals surface area contributed by atoms with Crippen LogP contribution < -0.4 is 0 Å². The number of carbonyl (C=O) groups excluding carboxylic acids is 1. The zero-order valence-corrected chi connectivity index (χ0v) is 12.2. The maximum absolute atomic E-state index is 12.3. The molecule has 0 spiro atoms. The van der Waals surface area contributed by atoms with E-state index in [9.17, 15) is 4.79 Å². The molecule has 110 valence electrons. The van der Waals surface area contributed by atoms with Gasteiger partial charge < -0.3 is 14.2 Å². The highest BCUT2D eigenvalue weighted by Gasteiger charge is 2.24. The third-order valence-electron chi connectivity index (χ3n) is 3.85. The number of hydrogen-bond donors (Lipinski definition) is 0. The third-order valence-corrected chi connectivity index (χ3v) is 3.85. The molecule has 1 aliphatic heterocycles. The van der Waals surface area contributed by atoms with Crippen LogP contribution >= 0.6 is 0 Å². The molecule has 2 aromatic rings. The molecule has 1 aromatic carbocycles. The van der Waals surface area contributed by atoms with Gasteiger partial charge in [-0.05, 0) is 18.1 Å². The first-order valence-corrected chi connectivity index (χ1v) is 7.00. The number of nitrogens with zero attached hydrogens (tertiary/aromatic N) is 2. The summed E-state index contributed by atoms with van der Waals surface area (Å²) in [6.45, 7) is 2.90. The fraction of sp³-hybridized carbons (Fsp3) is 0.375. The van der Waals surface area contributed by atoms with Crippen molar-refractivity contribution in [2.45, 2.75) is 26.1 Å². The standard InChI is InChI=1S/C16H18N2O3/c1-11-15(8-17-21-11)16(19)18(2)9-14-7-12-5-3-4-6-13(12)10-20-14/h3-6,8,14H,7,9-10H2,1-2H3. The third kappa shape index (κ3) is 2.83. The van der Waals surface area contributed by atoms with Gasteiger partial charge in [0, 0.05) is 20.0 Å². The smallest absolute Gasteiger partial charge is 0.258 e. The lowest BCUT2D eigenvalue weighted by Gasteiger charge is -2.28. The van der Waals surface area contributed by atoms with Crippen LogP contribution in [0.5, 0.6) is 0 Å². The summed E-state index contributed by atoms with van der Waals surface area (Å²) in [5.74, 6) is 0.456.